The van der Waals surface area contributed by atoms with Crippen molar-refractivity contribution in [2.75, 3.05) is 13.1 Å². The molecule has 1 aliphatic rings. The van der Waals surface area contributed by atoms with Crippen molar-refractivity contribution in [2.24, 2.45) is 13.0 Å². The highest BCUT2D eigenvalue weighted by Crippen LogP contribution is 2.22. The van der Waals surface area contributed by atoms with Crippen LogP contribution in [-0.4, -0.2) is 37.3 Å². The summed E-state index contributed by atoms with van der Waals surface area (Å²) < 4.78 is 4.16. The molecule has 0 saturated carbocycles. The molecule has 5 nitrogen and oxygen atoms in total. The van der Waals surface area contributed by atoms with Crippen LogP contribution in [0.2, 0.25) is 0 Å². The zero-order chi connectivity index (χ0) is 13.8. The number of aromatic nitrogens is 4. The van der Waals surface area contributed by atoms with Gasteiger partial charge in [0.1, 0.15) is 5.82 Å². The molecule has 1 aliphatic heterocycles. The third-order valence-corrected chi connectivity index (χ3v) is 4.32. The molecule has 0 unspecified atom stereocenters. The Morgan fingerprint density at radius 3 is 2.70 bits per heavy atom. The van der Waals surface area contributed by atoms with E-state index in [9.17, 15) is 0 Å². The van der Waals surface area contributed by atoms with E-state index in [2.05, 4.69) is 32.8 Å². The van der Waals surface area contributed by atoms with Gasteiger partial charge in [-0.25, -0.2) is 4.98 Å². The molecule has 108 valence electrons. The Morgan fingerprint density at radius 2 is 2.05 bits per heavy atom. The van der Waals surface area contributed by atoms with Crippen molar-refractivity contribution in [2.45, 2.75) is 32.4 Å². The van der Waals surface area contributed by atoms with Crippen LogP contribution in [0.25, 0.3) is 0 Å². The molecule has 0 aromatic carbocycles. The first kappa shape index (κ1) is 13.4. The molecule has 0 bridgehead atoms. The standard InChI is InChI=1S/C15H23N5/c1-18-12-7-16-15(18)13-19-9-3-14(4-10-19)5-11-20-8-2-6-17-20/h2,6-8,12,14H,3-5,9-11,13H2,1H3. The van der Waals surface area contributed by atoms with Crippen LogP contribution < -0.4 is 0 Å². The number of rotatable bonds is 5. The summed E-state index contributed by atoms with van der Waals surface area (Å²) in [6, 6.07) is 2.00. The van der Waals surface area contributed by atoms with Gasteiger partial charge in [-0.1, -0.05) is 0 Å². The highest BCUT2D eigenvalue weighted by Gasteiger charge is 2.20. The monoisotopic (exact) mass is 273 g/mol. The Kier molecular flexibility index (Phi) is 4.16. The molecule has 0 aliphatic carbocycles. The number of piperidine rings is 1. The molecular formula is C15H23N5. The van der Waals surface area contributed by atoms with Gasteiger partial charge in [0.25, 0.3) is 0 Å². The topological polar surface area (TPSA) is 38.9 Å². The molecule has 0 N–H and O–H groups in total. The molecule has 0 radical (unpaired) electrons. The average Bonchev–Trinajstić information content (AvgIpc) is 3.11. The Hall–Kier alpha value is -1.62. The fraction of sp³-hybridized carbons (Fsp3) is 0.600. The fourth-order valence-electron chi connectivity index (χ4n) is 2.93. The van der Waals surface area contributed by atoms with Crippen molar-refractivity contribution in [3.63, 3.8) is 0 Å². The normalized spacial score (nSPS) is 17.6. The highest BCUT2D eigenvalue weighted by atomic mass is 15.3. The number of aryl methyl sites for hydroxylation is 2. The average molecular weight is 273 g/mol. The third kappa shape index (κ3) is 3.28. The molecule has 5 heteroatoms. The maximum atomic E-state index is 4.41. The Morgan fingerprint density at radius 1 is 1.20 bits per heavy atom. The SMILES string of the molecule is Cn1ccnc1CN1CCC(CCn2cccn2)CC1. The van der Waals surface area contributed by atoms with Crippen LogP contribution in [0, 0.1) is 5.92 Å². The smallest absolute Gasteiger partial charge is 0.122 e. The molecule has 3 rings (SSSR count). The summed E-state index contributed by atoms with van der Waals surface area (Å²) in [4.78, 5) is 6.93. The van der Waals surface area contributed by atoms with Crippen molar-refractivity contribution in [1.82, 2.24) is 24.2 Å². The van der Waals surface area contributed by atoms with E-state index >= 15 is 0 Å². The van der Waals surface area contributed by atoms with Crippen LogP contribution in [0.4, 0.5) is 0 Å². The van der Waals surface area contributed by atoms with E-state index in [0.717, 1.165) is 19.0 Å². The lowest BCUT2D eigenvalue weighted by Gasteiger charge is -2.31. The molecule has 0 spiro atoms. The summed E-state index contributed by atoms with van der Waals surface area (Å²) in [5.74, 6) is 2.01. The van der Waals surface area contributed by atoms with Gasteiger partial charge in [0.2, 0.25) is 0 Å². The Labute approximate surface area is 120 Å². The zero-order valence-corrected chi connectivity index (χ0v) is 12.1. The molecule has 2 aromatic heterocycles. The van der Waals surface area contributed by atoms with Crippen molar-refractivity contribution >= 4 is 0 Å². The number of hydrogen-bond acceptors (Lipinski definition) is 3. The van der Waals surface area contributed by atoms with E-state index in [0.29, 0.717) is 0 Å². The first-order valence-corrected chi connectivity index (χ1v) is 7.47. The van der Waals surface area contributed by atoms with Gasteiger partial charge < -0.3 is 4.57 Å². The van der Waals surface area contributed by atoms with Gasteiger partial charge in [-0.15, -0.1) is 0 Å². The minimum Gasteiger partial charge on any atom is -0.337 e. The maximum Gasteiger partial charge on any atom is 0.122 e. The lowest BCUT2D eigenvalue weighted by molar-refractivity contribution is 0.164. The third-order valence-electron chi connectivity index (χ3n) is 4.32. The van der Waals surface area contributed by atoms with Crippen molar-refractivity contribution in [3.8, 4) is 0 Å². The minimum atomic E-state index is 0.844. The van der Waals surface area contributed by atoms with Gasteiger partial charge in [0, 0.05) is 38.4 Å². The second-order valence-corrected chi connectivity index (χ2v) is 5.73. The molecule has 1 saturated heterocycles. The van der Waals surface area contributed by atoms with E-state index in [1.165, 1.54) is 38.2 Å². The number of likely N-dealkylation sites (tertiary alicyclic amines) is 1. The molecule has 20 heavy (non-hydrogen) atoms. The number of hydrogen-bond donors (Lipinski definition) is 0. The summed E-state index contributed by atoms with van der Waals surface area (Å²) in [6.07, 6.45) is 11.7. The van der Waals surface area contributed by atoms with Crippen LogP contribution >= 0.6 is 0 Å². The number of nitrogens with zero attached hydrogens (tertiary/aromatic N) is 5. The van der Waals surface area contributed by atoms with Gasteiger partial charge >= 0.3 is 0 Å². The highest BCUT2D eigenvalue weighted by molar-refractivity contribution is 4.91. The van der Waals surface area contributed by atoms with E-state index in [1.807, 2.05) is 29.3 Å². The summed E-state index contributed by atoms with van der Waals surface area (Å²) in [7, 11) is 2.07. The van der Waals surface area contributed by atoms with Crippen LogP contribution in [0.5, 0.6) is 0 Å². The predicted molar refractivity (Wildman–Crippen MR) is 78.1 cm³/mol. The second-order valence-electron chi connectivity index (χ2n) is 5.73. The van der Waals surface area contributed by atoms with Crippen LogP contribution in [0.1, 0.15) is 25.1 Å². The lowest BCUT2D eigenvalue weighted by atomic mass is 9.93. The molecule has 0 atom stereocenters. The summed E-state index contributed by atoms with van der Waals surface area (Å²) in [5.41, 5.74) is 0. The van der Waals surface area contributed by atoms with E-state index < -0.39 is 0 Å². The number of imidazole rings is 1. The molecular weight excluding hydrogens is 250 g/mol. The predicted octanol–water partition coefficient (Wildman–Crippen LogP) is 1.92. The summed E-state index contributed by atoms with van der Waals surface area (Å²) in [5, 5.41) is 4.27. The van der Waals surface area contributed by atoms with E-state index in [1.54, 1.807) is 0 Å². The maximum absolute atomic E-state index is 4.41. The van der Waals surface area contributed by atoms with Crippen LogP contribution in [-0.2, 0) is 20.1 Å². The second kappa shape index (κ2) is 6.22. The fourth-order valence-corrected chi connectivity index (χ4v) is 2.93. The largest absolute Gasteiger partial charge is 0.337 e. The van der Waals surface area contributed by atoms with E-state index in [-0.39, 0.29) is 0 Å². The lowest BCUT2D eigenvalue weighted by Crippen LogP contribution is -2.34. The van der Waals surface area contributed by atoms with Crippen molar-refractivity contribution in [3.05, 3.63) is 36.7 Å². The van der Waals surface area contributed by atoms with Crippen molar-refractivity contribution in [1.29, 1.82) is 0 Å². The molecule has 2 aromatic rings. The van der Waals surface area contributed by atoms with Crippen molar-refractivity contribution < 1.29 is 0 Å². The van der Waals surface area contributed by atoms with Crippen LogP contribution in [0.15, 0.2) is 30.9 Å². The Balaban J connectivity index is 1.42. The molecule has 3 heterocycles. The zero-order valence-electron chi connectivity index (χ0n) is 12.1. The van der Waals surface area contributed by atoms with Gasteiger partial charge in [0.05, 0.1) is 6.54 Å². The first-order chi connectivity index (χ1) is 9.81. The van der Waals surface area contributed by atoms with Crippen LogP contribution in [0.3, 0.4) is 0 Å². The molecule has 1 fully saturated rings. The van der Waals surface area contributed by atoms with Gasteiger partial charge in [-0.05, 0) is 44.3 Å². The van der Waals surface area contributed by atoms with E-state index in [4.69, 9.17) is 0 Å². The molecule has 0 amide bonds. The summed E-state index contributed by atoms with van der Waals surface area (Å²) >= 11 is 0. The quantitative estimate of drug-likeness (QED) is 0.835. The minimum absolute atomic E-state index is 0.844. The Bertz CT molecular complexity index is 508. The first-order valence-electron chi connectivity index (χ1n) is 7.47. The van der Waals surface area contributed by atoms with Gasteiger partial charge in [0.15, 0.2) is 0 Å². The van der Waals surface area contributed by atoms with Gasteiger partial charge in [-0.3, -0.25) is 9.58 Å². The van der Waals surface area contributed by atoms with Gasteiger partial charge in [-0.2, -0.15) is 5.10 Å². The summed E-state index contributed by atoms with van der Waals surface area (Å²) in [6.45, 7) is 4.42.